The van der Waals surface area contributed by atoms with Crippen LogP contribution in [0.2, 0.25) is 0 Å². The highest BCUT2D eigenvalue weighted by Crippen LogP contribution is 2.43. The van der Waals surface area contributed by atoms with E-state index in [1.807, 2.05) is 0 Å². The number of rotatable bonds is 4. The fourth-order valence-electron chi connectivity index (χ4n) is 2.88. The van der Waals surface area contributed by atoms with Gasteiger partial charge in [-0.3, -0.25) is 4.68 Å². The average Bonchev–Trinajstić information content (AvgIpc) is 2.90. The van der Waals surface area contributed by atoms with Crippen LogP contribution in [0.25, 0.3) is 0 Å². The van der Waals surface area contributed by atoms with Gasteiger partial charge in [0.05, 0.1) is 15.9 Å². The summed E-state index contributed by atoms with van der Waals surface area (Å²) in [7, 11) is 0. The molecule has 0 saturated heterocycles. The molecule has 2 nitrogen and oxygen atoms in total. The number of aryl methyl sites for hydroxylation is 2. The fourth-order valence-corrected chi connectivity index (χ4v) is 3.66. The zero-order valence-corrected chi connectivity index (χ0v) is 12.9. The molecule has 4 heteroatoms. The number of hydrogen-bond donors (Lipinski definition) is 0. The van der Waals surface area contributed by atoms with Gasteiger partial charge in [0, 0.05) is 12.4 Å². The highest BCUT2D eigenvalue weighted by Gasteiger charge is 2.35. The Bertz CT molecular complexity index is 394. The van der Waals surface area contributed by atoms with Crippen LogP contribution in [0.4, 0.5) is 0 Å². The molecule has 1 aliphatic carbocycles. The number of alkyl halides is 1. The van der Waals surface area contributed by atoms with E-state index in [0.717, 1.165) is 24.5 Å². The smallest absolute Gasteiger partial charge is 0.0738 e. The third-order valence-corrected chi connectivity index (χ3v) is 5.54. The standard InChI is InChI=1S/C13H20BrClN2/c1-3-17-11(12(14)10(2)16-17)8-13(9-15)6-4-5-7-13/h3-9H2,1-2H3. The summed E-state index contributed by atoms with van der Waals surface area (Å²) in [6.07, 6.45) is 6.23. The Labute approximate surface area is 117 Å². The number of halogens is 2. The maximum absolute atomic E-state index is 6.22. The minimum absolute atomic E-state index is 0.309. The van der Waals surface area contributed by atoms with Gasteiger partial charge in [-0.05, 0) is 54.5 Å². The summed E-state index contributed by atoms with van der Waals surface area (Å²) in [6.45, 7) is 5.13. The minimum Gasteiger partial charge on any atom is -0.268 e. The van der Waals surface area contributed by atoms with Gasteiger partial charge in [-0.25, -0.2) is 0 Å². The Hall–Kier alpha value is -0.0200. The van der Waals surface area contributed by atoms with Crippen molar-refractivity contribution in [1.29, 1.82) is 0 Å². The zero-order chi connectivity index (χ0) is 12.5. The van der Waals surface area contributed by atoms with Crippen LogP contribution in [0.3, 0.4) is 0 Å². The van der Waals surface area contributed by atoms with E-state index in [1.54, 1.807) is 0 Å². The largest absolute Gasteiger partial charge is 0.268 e. The van der Waals surface area contributed by atoms with Crippen LogP contribution >= 0.6 is 27.5 Å². The molecular weight excluding hydrogens is 300 g/mol. The quantitative estimate of drug-likeness (QED) is 0.756. The van der Waals surface area contributed by atoms with Gasteiger partial charge in [-0.1, -0.05) is 12.8 Å². The molecule has 0 bridgehead atoms. The first-order chi connectivity index (χ1) is 8.12. The second kappa shape index (κ2) is 5.31. The van der Waals surface area contributed by atoms with Gasteiger partial charge in [-0.2, -0.15) is 5.10 Å². The first kappa shape index (κ1) is 13.4. The molecule has 0 aromatic carbocycles. The third-order valence-electron chi connectivity index (χ3n) is 3.94. The van der Waals surface area contributed by atoms with Gasteiger partial charge in [-0.15, -0.1) is 11.6 Å². The van der Waals surface area contributed by atoms with E-state index in [9.17, 15) is 0 Å². The molecule has 0 radical (unpaired) electrons. The first-order valence-corrected chi connectivity index (χ1v) is 7.72. The van der Waals surface area contributed by atoms with Gasteiger partial charge in [0.15, 0.2) is 0 Å². The van der Waals surface area contributed by atoms with Crippen molar-refractivity contribution in [2.45, 2.75) is 52.5 Å². The summed E-state index contributed by atoms with van der Waals surface area (Å²) in [5.74, 6) is 0.771. The molecule has 17 heavy (non-hydrogen) atoms. The van der Waals surface area contributed by atoms with Crippen LogP contribution in [-0.4, -0.2) is 15.7 Å². The molecule has 0 amide bonds. The average molecular weight is 320 g/mol. The van der Waals surface area contributed by atoms with E-state index in [2.05, 4.69) is 39.6 Å². The molecule has 0 spiro atoms. The second-order valence-corrected chi connectivity index (χ2v) is 6.24. The molecule has 1 aromatic heterocycles. The summed E-state index contributed by atoms with van der Waals surface area (Å²) in [4.78, 5) is 0. The number of hydrogen-bond acceptors (Lipinski definition) is 1. The highest BCUT2D eigenvalue weighted by atomic mass is 79.9. The summed E-state index contributed by atoms with van der Waals surface area (Å²) >= 11 is 9.90. The Morgan fingerprint density at radius 3 is 2.59 bits per heavy atom. The third kappa shape index (κ3) is 2.55. The molecule has 96 valence electrons. The summed E-state index contributed by atoms with van der Waals surface area (Å²) < 4.78 is 3.29. The van der Waals surface area contributed by atoms with Gasteiger partial charge < -0.3 is 0 Å². The van der Waals surface area contributed by atoms with E-state index in [0.29, 0.717) is 5.41 Å². The fraction of sp³-hybridized carbons (Fsp3) is 0.769. The van der Waals surface area contributed by atoms with Crippen molar-refractivity contribution in [3.63, 3.8) is 0 Å². The zero-order valence-electron chi connectivity index (χ0n) is 10.6. The molecule has 2 rings (SSSR count). The summed E-state index contributed by atoms with van der Waals surface area (Å²) in [6, 6.07) is 0. The van der Waals surface area contributed by atoms with Crippen LogP contribution in [-0.2, 0) is 13.0 Å². The van der Waals surface area contributed by atoms with Crippen molar-refractivity contribution in [3.8, 4) is 0 Å². The maximum atomic E-state index is 6.22. The Morgan fingerprint density at radius 1 is 1.41 bits per heavy atom. The SMILES string of the molecule is CCn1nc(C)c(Br)c1CC1(CCl)CCCC1. The van der Waals surface area contributed by atoms with Crippen LogP contribution in [0.15, 0.2) is 4.47 Å². The van der Waals surface area contributed by atoms with Crippen molar-refractivity contribution in [2.24, 2.45) is 5.41 Å². The topological polar surface area (TPSA) is 17.8 Å². The van der Waals surface area contributed by atoms with E-state index < -0.39 is 0 Å². The predicted octanol–water partition coefficient (Wildman–Crippen LogP) is 4.32. The van der Waals surface area contributed by atoms with E-state index in [4.69, 9.17) is 11.6 Å². The number of nitrogens with zero attached hydrogens (tertiary/aromatic N) is 2. The lowest BCUT2D eigenvalue weighted by atomic mass is 9.83. The van der Waals surface area contributed by atoms with Gasteiger partial charge in [0.25, 0.3) is 0 Å². The molecule has 0 unspecified atom stereocenters. The van der Waals surface area contributed by atoms with Gasteiger partial charge in [0.2, 0.25) is 0 Å². The van der Waals surface area contributed by atoms with Crippen molar-refractivity contribution >= 4 is 27.5 Å². The first-order valence-electron chi connectivity index (χ1n) is 6.39. The van der Waals surface area contributed by atoms with Crippen molar-refractivity contribution in [1.82, 2.24) is 9.78 Å². The number of aromatic nitrogens is 2. The van der Waals surface area contributed by atoms with Crippen molar-refractivity contribution in [2.75, 3.05) is 5.88 Å². The monoisotopic (exact) mass is 318 g/mol. The predicted molar refractivity (Wildman–Crippen MR) is 75.7 cm³/mol. The van der Waals surface area contributed by atoms with Gasteiger partial charge >= 0.3 is 0 Å². The van der Waals surface area contributed by atoms with E-state index in [1.165, 1.54) is 35.8 Å². The molecule has 1 fully saturated rings. The summed E-state index contributed by atoms with van der Waals surface area (Å²) in [5, 5.41) is 4.56. The van der Waals surface area contributed by atoms with Crippen molar-refractivity contribution < 1.29 is 0 Å². The molecule has 1 heterocycles. The van der Waals surface area contributed by atoms with Gasteiger partial charge in [0.1, 0.15) is 0 Å². The molecule has 0 atom stereocenters. The lowest BCUT2D eigenvalue weighted by Gasteiger charge is -2.26. The molecule has 1 aliphatic rings. The lowest BCUT2D eigenvalue weighted by molar-refractivity contribution is 0.329. The Balaban J connectivity index is 2.28. The van der Waals surface area contributed by atoms with E-state index in [-0.39, 0.29) is 0 Å². The molecular formula is C13H20BrClN2. The molecule has 0 aliphatic heterocycles. The molecule has 1 aromatic rings. The van der Waals surface area contributed by atoms with Crippen LogP contribution < -0.4 is 0 Å². The Morgan fingerprint density at radius 2 is 2.06 bits per heavy atom. The maximum Gasteiger partial charge on any atom is 0.0738 e. The highest BCUT2D eigenvalue weighted by molar-refractivity contribution is 9.10. The van der Waals surface area contributed by atoms with Crippen LogP contribution in [0, 0.1) is 12.3 Å². The normalized spacial score (nSPS) is 18.8. The van der Waals surface area contributed by atoms with E-state index >= 15 is 0 Å². The lowest BCUT2D eigenvalue weighted by Crippen LogP contribution is -2.23. The molecule has 0 N–H and O–H groups in total. The minimum atomic E-state index is 0.309. The summed E-state index contributed by atoms with van der Waals surface area (Å²) in [5.41, 5.74) is 2.72. The Kier molecular flexibility index (Phi) is 4.19. The van der Waals surface area contributed by atoms with Crippen molar-refractivity contribution in [3.05, 3.63) is 15.9 Å². The molecule has 1 saturated carbocycles. The second-order valence-electron chi connectivity index (χ2n) is 5.18. The van der Waals surface area contributed by atoms with Crippen LogP contribution in [0.5, 0.6) is 0 Å². The van der Waals surface area contributed by atoms with Crippen LogP contribution in [0.1, 0.15) is 44.0 Å².